The molecule has 2 atom stereocenters. The standard InChI is InChI=1S/C20H22N2O5/c1-11-7-12(2)21-18(23)17(11)19(24)22-9-15(16(10-22)20(25)26)13-5-4-6-14(8-13)27-3/h4-8,15-16H,9-10H2,1-3H3,(H,21,23)(H,25,26)/t15-,16+/m1/s1. The van der Waals surface area contributed by atoms with E-state index in [9.17, 15) is 19.5 Å². The number of rotatable bonds is 4. The normalized spacial score (nSPS) is 19.1. The first-order chi connectivity index (χ1) is 12.8. The molecule has 7 heteroatoms. The Morgan fingerprint density at radius 3 is 2.59 bits per heavy atom. The van der Waals surface area contributed by atoms with Crippen LogP contribution >= 0.6 is 0 Å². The van der Waals surface area contributed by atoms with E-state index in [1.807, 2.05) is 6.07 Å². The monoisotopic (exact) mass is 370 g/mol. The van der Waals surface area contributed by atoms with E-state index < -0.39 is 23.4 Å². The zero-order valence-corrected chi connectivity index (χ0v) is 15.5. The summed E-state index contributed by atoms with van der Waals surface area (Å²) in [4.78, 5) is 41.1. The molecule has 27 heavy (non-hydrogen) atoms. The number of aromatic amines is 1. The van der Waals surface area contributed by atoms with Gasteiger partial charge in [0, 0.05) is 24.7 Å². The molecule has 1 aliphatic heterocycles. The average Bonchev–Trinajstić information content (AvgIpc) is 3.06. The predicted molar refractivity (Wildman–Crippen MR) is 99.3 cm³/mol. The van der Waals surface area contributed by atoms with E-state index in [0.717, 1.165) is 5.56 Å². The maximum Gasteiger partial charge on any atom is 0.308 e. The number of aliphatic carboxylic acids is 1. The second-order valence-corrected chi connectivity index (χ2v) is 6.88. The highest BCUT2D eigenvalue weighted by atomic mass is 16.5. The van der Waals surface area contributed by atoms with Crippen LogP contribution in [0.25, 0.3) is 0 Å². The Hall–Kier alpha value is -3.09. The highest BCUT2D eigenvalue weighted by molar-refractivity contribution is 5.96. The van der Waals surface area contributed by atoms with E-state index in [2.05, 4.69) is 4.98 Å². The fourth-order valence-corrected chi connectivity index (χ4v) is 3.71. The van der Waals surface area contributed by atoms with Gasteiger partial charge in [0.25, 0.3) is 11.5 Å². The number of amides is 1. The van der Waals surface area contributed by atoms with E-state index in [-0.39, 0.29) is 24.6 Å². The minimum Gasteiger partial charge on any atom is -0.497 e. The molecule has 142 valence electrons. The van der Waals surface area contributed by atoms with Gasteiger partial charge in [-0.1, -0.05) is 12.1 Å². The number of benzene rings is 1. The third kappa shape index (κ3) is 3.58. The lowest BCUT2D eigenvalue weighted by molar-refractivity contribution is -0.141. The average molecular weight is 370 g/mol. The lowest BCUT2D eigenvalue weighted by Crippen LogP contribution is -2.35. The number of aryl methyl sites for hydroxylation is 2. The number of H-pyrrole nitrogens is 1. The van der Waals surface area contributed by atoms with E-state index in [1.54, 1.807) is 45.2 Å². The smallest absolute Gasteiger partial charge is 0.308 e. The first-order valence-electron chi connectivity index (χ1n) is 8.68. The molecule has 2 heterocycles. The van der Waals surface area contributed by atoms with Gasteiger partial charge in [-0.3, -0.25) is 14.4 Å². The molecule has 1 aromatic heterocycles. The van der Waals surface area contributed by atoms with Gasteiger partial charge in [-0.25, -0.2) is 0 Å². The molecule has 7 nitrogen and oxygen atoms in total. The van der Waals surface area contributed by atoms with Crippen molar-refractivity contribution in [2.75, 3.05) is 20.2 Å². The highest BCUT2D eigenvalue weighted by Gasteiger charge is 2.41. The number of nitrogens with one attached hydrogen (secondary N) is 1. The molecule has 0 unspecified atom stereocenters. The molecule has 0 saturated carbocycles. The van der Waals surface area contributed by atoms with Gasteiger partial charge in [0.1, 0.15) is 11.3 Å². The van der Waals surface area contributed by atoms with Gasteiger partial charge < -0.3 is 19.7 Å². The van der Waals surface area contributed by atoms with Crippen molar-refractivity contribution in [3.05, 3.63) is 63.1 Å². The van der Waals surface area contributed by atoms with Gasteiger partial charge in [-0.2, -0.15) is 0 Å². The van der Waals surface area contributed by atoms with Crippen LogP contribution in [0.4, 0.5) is 0 Å². The predicted octanol–water partition coefficient (Wildman–Crippen LogP) is 1.94. The van der Waals surface area contributed by atoms with Gasteiger partial charge in [-0.05, 0) is 43.2 Å². The summed E-state index contributed by atoms with van der Waals surface area (Å²) in [6, 6.07) is 8.94. The molecule has 1 saturated heterocycles. The fourth-order valence-electron chi connectivity index (χ4n) is 3.71. The Morgan fingerprint density at radius 2 is 1.96 bits per heavy atom. The zero-order chi connectivity index (χ0) is 19.7. The molecule has 0 aliphatic carbocycles. The van der Waals surface area contributed by atoms with Crippen LogP contribution in [0.2, 0.25) is 0 Å². The number of carboxylic acid groups (broad SMARTS) is 1. The second kappa shape index (κ2) is 7.26. The number of pyridine rings is 1. The highest BCUT2D eigenvalue weighted by Crippen LogP contribution is 2.35. The molecule has 1 aliphatic rings. The number of nitrogens with zero attached hydrogens (tertiary/aromatic N) is 1. The van der Waals surface area contributed by atoms with Crippen molar-refractivity contribution >= 4 is 11.9 Å². The lowest BCUT2D eigenvalue weighted by Gasteiger charge is -2.17. The number of carboxylic acids is 1. The van der Waals surface area contributed by atoms with E-state index in [4.69, 9.17) is 4.74 Å². The summed E-state index contributed by atoms with van der Waals surface area (Å²) in [5.41, 5.74) is 1.67. The Labute approximate surface area is 156 Å². The SMILES string of the molecule is COc1cccc([C@H]2CN(C(=O)c3c(C)cc(C)[nH]c3=O)C[C@@H]2C(=O)O)c1. The van der Waals surface area contributed by atoms with E-state index in [1.165, 1.54) is 4.90 Å². The number of hydrogen-bond donors (Lipinski definition) is 2. The first-order valence-corrected chi connectivity index (χ1v) is 8.68. The second-order valence-electron chi connectivity index (χ2n) is 6.88. The van der Waals surface area contributed by atoms with Gasteiger partial charge in [0.2, 0.25) is 0 Å². The maximum atomic E-state index is 13.0. The van der Waals surface area contributed by atoms with Crippen LogP contribution in [0, 0.1) is 19.8 Å². The molecule has 2 aromatic rings. The van der Waals surface area contributed by atoms with Crippen molar-refractivity contribution in [1.29, 1.82) is 0 Å². The zero-order valence-electron chi connectivity index (χ0n) is 15.5. The minimum atomic E-state index is -0.965. The molecule has 1 amide bonds. The van der Waals surface area contributed by atoms with Crippen molar-refractivity contribution in [3.8, 4) is 5.75 Å². The van der Waals surface area contributed by atoms with Crippen molar-refractivity contribution < 1.29 is 19.4 Å². The van der Waals surface area contributed by atoms with Crippen LogP contribution in [-0.4, -0.2) is 47.1 Å². The molecule has 0 spiro atoms. The van der Waals surface area contributed by atoms with E-state index >= 15 is 0 Å². The van der Waals surface area contributed by atoms with Gasteiger partial charge >= 0.3 is 5.97 Å². The molecular formula is C20H22N2O5. The Kier molecular flexibility index (Phi) is 5.03. The molecule has 1 fully saturated rings. The molecule has 3 rings (SSSR count). The summed E-state index contributed by atoms with van der Waals surface area (Å²) in [5, 5.41) is 9.65. The van der Waals surface area contributed by atoms with Crippen molar-refractivity contribution in [2.45, 2.75) is 19.8 Å². The van der Waals surface area contributed by atoms with Crippen LogP contribution in [0.15, 0.2) is 35.1 Å². The van der Waals surface area contributed by atoms with Gasteiger partial charge in [0.05, 0.1) is 13.0 Å². The lowest BCUT2D eigenvalue weighted by atomic mass is 9.89. The summed E-state index contributed by atoms with van der Waals surface area (Å²) in [7, 11) is 1.55. The Bertz CT molecular complexity index is 950. The summed E-state index contributed by atoms with van der Waals surface area (Å²) in [6.07, 6.45) is 0. The number of carbonyl (C=O) groups excluding carboxylic acids is 1. The molecule has 2 N–H and O–H groups in total. The van der Waals surface area contributed by atoms with Crippen LogP contribution in [0.5, 0.6) is 5.75 Å². The van der Waals surface area contributed by atoms with Crippen LogP contribution in [0.1, 0.15) is 33.1 Å². The Balaban J connectivity index is 1.94. The number of ether oxygens (including phenoxy) is 1. The van der Waals surface area contributed by atoms with Crippen LogP contribution in [-0.2, 0) is 4.79 Å². The first kappa shape index (κ1) is 18.7. The molecule has 0 radical (unpaired) electrons. The van der Waals surface area contributed by atoms with Crippen molar-refractivity contribution in [1.82, 2.24) is 9.88 Å². The van der Waals surface area contributed by atoms with Gasteiger partial charge in [-0.15, -0.1) is 0 Å². The van der Waals surface area contributed by atoms with E-state index in [0.29, 0.717) is 17.0 Å². The maximum absolute atomic E-state index is 13.0. The minimum absolute atomic E-state index is 0.0583. The summed E-state index contributed by atoms with van der Waals surface area (Å²) < 4.78 is 5.22. The topological polar surface area (TPSA) is 99.7 Å². The molecule has 1 aromatic carbocycles. The summed E-state index contributed by atoms with van der Waals surface area (Å²) >= 11 is 0. The van der Waals surface area contributed by atoms with Crippen LogP contribution < -0.4 is 10.3 Å². The number of methoxy groups -OCH3 is 1. The Morgan fingerprint density at radius 1 is 1.22 bits per heavy atom. The fraction of sp³-hybridized carbons (Fsp3) is 0.350. The van der Waals surface area contributed by atoms with Gasteiger partial charge in [0.15, 0.2) is 0 Å². The third-order valence-electron chi connectivity index (χ3n) is 5.03. The van der Waals surface area contributed by atoms with Crippen molar-refractivity contribution in [2.24, 2.45) is 5.92 Å². The summed E-state index contributed by atoms with van der Waals surface area (Å²) in [5.74, 6) is -1.89. The number of aromatic nitrogens is 1. The number of hydrogen-bond acceptors (Lipinski definition) is 4. The molecule has 0 bridgehead atoms. The number of likely N-dealkylation sites (tertiary alicyclic amines) is 1. The quantitative estimate of drug-likeness (QED) is 0.857. The van der Waals surface area contributed by atoms with Crippen LogP contribution in [0.3, 0.4) is 0 Å². The summed E-state index contributed by atoms with van der Waals surface area (Å²) in [6.45, 7) is 3.75. The number of carbonyl (C=O) groups is 2. The third-order valence-corrected chi connectivity index (χ3v) is 5.03. The van der Waals surface area contributed by atoms with Crippen molar-refractivity contribution in [3.63, 3.8) is 0 Å². The molecular weight excluding hydrogens is 348 g/mol. The largest absolute Gasteiger partial charge is 0.497 e.